The van der Waals surface area contributed by atoms with Gasteiger partial charge in [-0.25, -0.2) is 4.98 Å². The number of hydrogen-bond donors (Lipinski definition) is 1. The fourth-order valence-electron chi connectivity index (χ4n) is 2.17. The highest BCUT2D eigenvalue weighted by molar-refractivity contribution is 7.87. The Bertz CT molecular complexity index is 1080. The summed E-state index contributed by atoms with van der Waals surface area (Å²) in [6.07, 6.45) is 1.26. The maximum absolute atomic E-state index is 12.6. The summed E-state index contributed by atoms with van der Waals surface area (Å²) in [6.45, 7) is 0. The topological polar surface area (TPSA) is 109 Å². The van der Waals surface area contributed by atoms with Crippen LogP contribution in [0.4, 0.5) is 19.0 Å². The molecule has 2 aromatic heterocycles. The normalized spacial score (nSPS) is 12.3. The van der Waals surface area contributed by atoms with Gasteiger partial charge in [-0.1, -0.05) is 12.1 Å². The van der Waals surface area contributed by atoms with Crippen molar-refractivity contribution in [2.45, 2.75) is 5.51 Å². The molecular weight excluding hydrogens is 377 g/mol. The summed E-state index contributed by atoms with van der Waals surface area (Å²) in [7, 11) is -4.44. The van der Waals surface area contributed by atoms with Crippen LogP contribution in [0.1, 0.15) is 0 Å². The van der Waals surface area contributed by atoms with Crippen LogP contribution in [0.2, 0.25) is 0 Å². The number of hydrogen-bond acceptors (Lipinski definition) is 7. The number of para-hydroxylation sites is 1. The van der Waals surface area contributed by atoms with E-state index >= 15 is 0 Å². The number of anilines is 1. The lowest BCUT2D eigenvalue weighted by molar-refractivity contribution is -0.0501. The molecule has 0 aliphatic rings. The summed E-state index contributed by atoms with van der Waals surface area (Å²) in [5.74, 6) is -0.645. The van der Waals surface area contributed by atoms with E-state index in [1.54, 1.807) is 24.3 Å². The predicted molar refractivity (Wildman–Crippen MR) is 85.0 cm³/mol. The van der Waals surface area contributed by atoms with Gasteiger partial charge in [0.2, 0.25) is 11.7 Å². The number of methoxy groups -OCH3 is 1. The number of nitrogens with two attached hydrogens (primary N) is 1. The monoisotopic (exact) mass is 388 g/mol. The van der Waals surface area contributed by atoms with Crippen molar-refractivity contribution in [3.63, 3.8) is 0 Å². The quantitative estimate of drug-likeness (QED) is 0.539. The van der Waals surface area contributed by atoms with Gasteiger partial charge in [-0.3, -0.25) is 4.40 Å². The zero-order valence-electron chi connectivity index (χ0n) is 13.1. The van der Waals surface area contributed by atoms with Crippen molar-refractivity contribution < 1.29 is 30.5 Å². The molecule has 0 bridgehead atoms. The first-order valence-corrected chi connectivity index (χ1v) is 8.33. The average Bonchev–Trinajstić information content (AvgIpc) is 2.97. The van der Waals surface area contributed by atoms with Crippen molar-refractivity contribution in [1.29, 1.82) is 0 Å². The molecule has 3 aromatic rings. The molecule has 0 unspecified atom stereocenters. The number of nitrogen functional groups attached to an aromatic ring is 1. The van der Waals surface area contributed by atoms with Crippen molar-refractivity contribution in [2.75, 3.05) is 12.8 Å². The average molecular weight is 388 g/mol. The number of fused-ring (bicyclic) bond motifs is 1. The van der Waals surface area contributed by atoms with Crippen molar-refractivity contribution in [3.05, 3.63) is 36.5 Å². The van der Waals surface area contributed by atoms with Crippen LogP contribution in [0.25, 0.3) is 17.0 Å². The molecule has 12 heteroatoms. The van der Waals surface area contributed by atoms with Crippen LogP contribution < -0.4 is 14.7 Å². The summed E-state index contributed by atoms with van der Waals surface area (Å²) >= 11 is 0. The number of alkyl halides is 3. The summed E-state index contributed by atoms with van der Waals surface area (Å²) < 4.78 is 70.7. The number of nitrogens with zero attached hydrogens (tertiary/aromatic N) is 3. The lowest BCUT2D eigenvalue weighted by atomic mass is 10.1. The Morgan fingerprint density at radius 2 is 1.88 bits per heavy atom. The Morgan fingerprint density at radius 1 is 1.19 bits per heavy atom. The van der Waals surface area contributed by atoms with Gasteiger partial charge in [0.15, 0.2) is 0 Å². The van der Waals surface area contributed by atoms with E-state index in [9.17, 15) is 21.6 Å². The lowest BCUT2D eigenvalue weighted by Crippen LogP contribution is -2.28. The molecule has 2 N–H and O–H groups in total. The Kier molecular flexibility index (Phi) is 4.14. The molecule has 26 heavy (non-hydrogen) atoms. The fraction of sp³-hybridized carbons (Fsp3) is 0.143. The Morgan fingerprint density at radius 3 is 2.54 bits per heavy atom. The molecule has 0 fully saturated rings. The van der Waals surface area contributed by atoms with Gasteiger partial charge < -0.3 is 14.7 Å². The molecule has 3 rings (SSSR count). The largest absolute Gasteiger partial charge is 0.534 e. The van der Waals surface area contributed by atoms with Crippen molar-refractivity contribution in [1.82, 2.24) is 14.4 Å². The smallest absolute Gasteiger partial charge is 0.496 e. The molecule has 138 valence electrons. The second-order valence-corrected chi connectivity index (χ2v) is 6.54. The van der Waals surface area contributed by atoms with Gasteiger partial charge in [0.1, 0.15) is 11.6 Å². The van der Waals surface area contributed by atoms with Crippen LogP contribution in [-0.2, 0) is 10.1 Å². The molecule has 0 amide bonds. The van der Waals surface area contributed by atoms with Gasteiger partial charge in [0.05, 0.1) is 12.8 Å². The molecule has 0 radical (unpaired) electrons. The van der Waals surface area contributed by atoms with Gasteiger partial charge in [0.25, 0.3) is 0 Å². The van der Waals surface area contributed by atoms with E-state index in [0.29, 0.717) is 11.3 Å². The van der Waals surface area contributed by atoms with Gasteiger partial charge >= 0.3 is 15.6 Å². The minimum Gasteiger partial charge on any atom is -0.496 e. The molecule has 0 aliphatic carbocycles. The van der Waals surface area contributed by atoms with Crippen LogP contribution in [0.15, 0.2) is 36.5 Å². The minimum atomic E-state index is -5.88. The molecule has 8 nitrogen and oxygen atoms in total. The molecule has 0 saturated carbocycles. The van der Waals surface area contributed by atoms with E-state index < -0.39 is 21.5 Å². The van der Waals surface area contributed by atoms with E-state index in [4.69, 9.17) is 10.5 Å². The molecule has 0 atom stereocenters. The van der Waals surface area contributed by atoms with Gasteiger partial charge in [0, 0.05) is 17.8 Å². The summed E-state index contributed by atoms with van der Waals surface area (Å²) in [4.78, 5) is 8.00. The summed E-state index contributed by atoms with van der Waals surface area (Å²) in [6, 6.07) is 7.60. The first-order chi connectivity index (χ1) is 12.1. The van der Waals surface area contributed by atoms with Crippen molar-refractivity contribution in [3.8, 4) is 22.9 Å². The number of ether oxygens (including phenoxy) is 1. The zero-order chi connectivity index (χ0) is 19.1. The second kappa shape index (κ2) is 6.05. The van der Waals surface area contributed by atoms with Crippen molar-refractivity contribution in [2.24, 2.45) is 0 Å². The van der Waals surface area contributed by atoms with Crippen LogP contribution in [0, 0.1) is 0 Å². The number of benzene rings is 1. The molecule has 0 saturated heterocycles. The number of halogens is 3. The molecule has 1 aromatic carbocycles. The van der Waals surface area contributed by atoms with E-state index in [2.05, 4.69) is 14.2 Å². The standard InChI is InChI=1S/C14H11F3N4O4S/c1-24-10-5-3-2-4-8(10)9-7-21-12(6-11(18)20-13(21)19-9)25-26(22,23)14(15,16)17/h2-7H,1H3,(H2,18,19,20). The van der Waals surface area contributed by atoms with Crippen LogP contribution in [-0.4, -0.2) is 35.4 Å². The first-order valence-electron chi connectivity index (χ1n) is 6.92. The van der Waals surface area contributed by atoms with Crippen LogP contribution >= 0.6 is 0 Å². The summed E-state index contributed by atoms with van der Waals surface area (Å²) in [5.41, 5.74) is 0.708. The molecular formula is C14H11F3N4O4S. The highest BCUT2D eigenvalue weighted by Gasteiger charge is 2.49. The zero-order valence-corrected chi connectivity index (χ0v) is 13.9. The predicted octanol–water partition coefficient (Wildman–Crippen LogP) is 2.22. The highest BCUT2D eigenvalue weighted by atomic mass is 32.2. The lowest BCUT2D eigenvalue weighted by Gasteiger charge is -2.10. The second-order valence-electron chi connectivity index (χ2n) is 5.00. The number of aromatic nitrogens is 3. The third-order valence-electron chi connectivity index (χ3n) is 3.29. The van der Waals surface area contributed by atoms with Gasteiger partial charge in [-0.05, 0) is 12.1 Å². The third-order valence-corrected chi connectivity index (χ3v) is 4.24. The maximum Gasteiger partial charge on any atom is 0.534 e. The van der Waals surface area contributed by atoms with Crippen LogP contribution in [0.3, 0.4) is 0 Å². The van der Waals surface area contributed by atoms with E-state index in [1.165, 1.54) is 13.3 Å². The Balaban J connectivity index is 2.16. The SMILES string of the molecule is COc1ccccc1-c1cn2c(OS(=O)(=O)C(F)(F)F)cc(N)nc2n1. The van der Waals surface area contributed by atoms with Gasteiger partial charge in [-0.2, -0.15) is 26.6 Å². The first kappa shape index (κ1) is 17.8. The minimum absolute atomic E-state index is 0.140. The fourth-order valence-corrected chi connectivity index (χ4v) is 2.61. The maximum atomic E-state index is 12.6. The van der Waals surface area contributed by atoms with Crippen LogP contribution in [0.5, 0.6) is 11.6 Å². The molecule has 2 heterocycles. The Hall–Kier alpha value is -3.02. The highest BCUT2D eigenvalue weighted by Crippen LogP contribution is 2.32. The third kappa shape index (κ3) is 3.10. The number of imidazole rings is 1. The van der Waals surface area contributed by atoms with E-state index in [-0.39, 0.29) is 17.3 Å². The van der Waals surface area contributed by atoms with E-state index in [0.717, 1.165) is 10.5 Å². The van der Waals surface area contributed by atoms with Gasteiger partial charge in [-0.15, -0.1) is 0 Å². The summed E-state index contributed by atoms with van der Waals surface area (Å²) in [5, 5.41) is 0. The molecule has 0 spiro atoms. The Labute approximate surface area is 145 Å². The number of rotatable bonds is 4. The molecule has 0 aliphatic heterocycles. The van der Waals surface area contributed by atoms with Crippen molar-refractivity contribution >= 4 is 21.7 Å². The van der Waals surface area contributed by atoms with E-state index in [1.807, 2.05) is 0 Å².